The number of benzene rings is 1. The van der Waals surface area contributed by atoms with Gasteiger partial charge in [-0.1, -0.05) is 0 Å². The van der Waals surface area contributed by atoms with Crippen LogP contribution in [-0.4, -0.2) is 17.1 Å². The summed E-state index contributed by atoms with van der Waals surface area (Å²) in [6.07, 6.45) is 3.34. The van der Waals surface area contributed by atoms with Gasteiger partial charge in [-0.2, -0.15) is 0 Å². The summed E-state index contributed by atoms with van der Waals surface area (Å²) in [5.74, 6) is -0.492. The van der Waals surface area contributed by atoms with Crippen LogP contribution in [0, 0.1) is 11.7 Å². The Kier molecular flexibility index (Phi) is 4.37. The highest BCUT2D eigenvalue weighted by Gasteiger charge is 2.24. The lowest BCUT2D eigenvalue weighted by Crippen LogP contribution is -2.36. The first kappa shape index (κ1) is 13.8. The summed E-state index contributed by atoms with van der Waals surface area (Å²) in [5.41, 5.74) is 5.83. The first-order chi connectivity index (χ1) is 9.06. The first-order valence-corrected chi connectivity index (χ1v) is 6.56. The van der Waals surface area contributed by atoms with Crippen molar-refractivity contribution in [1.82, 2.24) is 5.32 Å². The average Bonchev–Trinajstić information content (AvgIpc) is 2.40. The van der Waals surface area contributed by atoms with E-state index in [1.165, 1.54) is 18.2 Å². The van der Waals surface area contributed by atoms with E-state index in [0.717, 1.165) is 25.7 Å². The molecule has 0 spiro atoms. The van der Waals surface area contributed by atoms with Crippen molar-refractivity contribution < 1.29 is 14.3 Å². The molecule has 1 fully saturated rings. The minimum atomic E-state index is -0.355. The van der Waals surface area contributed by atoms with Crippen LogP contribution in [0.3, 0.4) is 0 Å². The number of nitrogens with one attached hydrogen (secondary N) is 1. The van der Waals surface area contributed by atoms with Gasteiger partial charge in [-0.3, -0.25) is 4.79 Å². The van der Waals surface area contributed by atoms with Gasteiger partial charge in [-0.15, -0.1) is 0 Å². The number of halogens is 1. The number of hydrogen-bond acceptors (Lipinski definition) is 3. The molecule has 1 aliphatic carbocycles. The van der Waals surface area contributed by atoms with Crippen molar-refractivity contribution in [2.45, 2.75) is 38.3 Å². The van der Waals surface area contributed by atoms with E-state index in [2.05, 4.69) is 5.32 Å². The van der Waals surface area contributed by atoms with Crippen molar-refractivity contribution in [2.75, 3.05) is 0 Å². The number of primary amides is 1. The Morgan fingerprint density at radius 3 is 2.68 bits per heavy atom. The smallest absolute Gasteiger partial charge is 0.220 e. The van der Waals surface area contributed by atoms with E-state index in [1.807, 2.05) is 0 Å². The fraction of sp³-hybridized carbons (Fsp3) is 0.500. The van der Waals surface area contributed by atoms with Crippen LogP contribution in [0.5, 0.6) is 5.75 Å². The maximum Gasteiger partial charge on any atom is 0.220 e. The van der Waals surface area contributed by atoms with Crippen LogP contribution >= 0.6 is 0 Å². The highest BCUT2D eigenvalue weighted by molar-refractivity contribution is 5.76. The van der Waals surface area contributed by atoms with Crippen molar-refractivity contribution in [3.8, 4) is 5.75 Å². The number of nitrogens with two attached hydrogens (primary N) is 1. The molecule has 0 atom stereocenters. The van der Waals surface area contributed by atoms with Gasteiger partial charge in [0.2, 0.25) is 5.91 Å². The maximum atomic E-state index is 13.1. The van der Waals surface area contributed by atoms with Gasteiger partial charge in [-0.05, 0) is 43.9 Å². The normalized spacial score (nSPS) is 23.2. The monoisotopic (exact) mass is 266 g/mol. The SMILES string of the molecule is NC(=O)C1CCC(NCc2cc(F)ccc2O)CC1. The zero-order valence-corrected chi connectivity index (χ0v) is 10.7. The van der Waals surface area contributed by atoms with E-state index in [1.54, 1.807) is 0 Å². The molecule has 0 aliphatic heterocycles. The summed E-state index contributed by atoms with van der Waals surface area (Å²) in [5, 5.41) is 12.9. The minimum absolute atomic E-state index is 0.0133. The standard InChI is InChI=1S/C14H19FN2O2/c15-11-3-6-13(18)10(7-11)8-17-12-4-1-9(2-5-12)14(16)19/h3,6-7,9,12,17-18H,1-2,4-5,8H2,(H2,16,19). The zero-order valence-electron chi connectivity index (χ0n) is 10.7. The Morgan fingerprint density at radius 1 is 1.37 bits per heavy atom. The molecule has 0 bridgehead atoms. The van der Waals surface area contributed by atoms with Crippen LogP contribution in [0.4, 0.5) is 4.39 Å². The zero-order chi connectivity index (χ0) is 13.8. The summed E-state index contributed by atoms with van der Waals surface area (Å²) in [4.78, 5) is 11.0. The van der Waals surface area contributed by atoms with Crippen molar-refractivity contribution in [3.05, 3.63) is 29.6 Å². The molecule has 1 aliphatic rings. The van der Waals surface area contributed by atoms with Crippen LogP contribution in [0.25, 0.3) is 0 Å². The number of rotatable bonds is 4. The maximum absolute atomic E-state index is 13.1. The first-order valence-electron chi connectivity index (χ1n) is 6.56. The van der Waals surface area contributed by atoms with Crippen molar-refractivity contribution in [3.63, 3.8) is 0 Å². The number of hydrogen-bond donors (Lipinski definition) is 3. The number of aromatic hydroxyl groups is 1. The molecule has 5 heteroatoms. The van der Waals surface area contributed by atoms with Gasteiger partial charge in [0.25, 0.3) is 0 Å². The van der Waals surface area contributed by atoms with E-state index in [-0.39, 0.29) is 23.4 Å². The van der Waals surface area contributed by atoms with Gasteiger partial charge in [0.1, 0.15) is 11.6 Å². The van der Waals surface area contributed by atoms with Crippen LogP contribution in [0.15, 0.2) is 18.2 Å². The lowest BCUT2D eigenvalue weighted by molar-refractivity contribution is -0.122. The number of carbonyl (C=O) groups excluding carboxylic acids is 1. The van der Waals surface area contributed by atoms with Crippen molar-refractivity contribution in [1.29, 1.82) is 0 Å². The van der Waals surface area contributed by atoms with Crippen molar-refractivity contribution in [2.24, 2.45) is 11.7 Å². The van der Waals surface area contributed by atoms with Gasteiger partial charge >= 0.3 is 0 Å². The van der Waals surface area contributed by atoms with E-state index < -0.39 is 0 Å². The molecular weight excluding hydrogens is 247 g/mol. The molecule has 1 saturated carbocycles. The molecule has 104 valence electrons. The third kappa shape index (κ3) is 3.67. The second kappa shape index (κ2) is 6.02. The fourth-order valence-electron chi connectivity index (χ4n) is 2.53. The molecule has 2 rings (SSSR count). The fourth-order valence-corrected chi connectivity index (χ4v) is 2.53. The second-order valence-corrected chi connectivity index (χ2v) is 5.10. The largest absolute Gasteiger partial charge is 0.508 e. The Bertz CT molecular complexity index is 457. The average molecular weight is 266 g/mol. The molecule has 19 heavy (non-hydrogen) atoms. The van der Waals surface area contributed by atoms with Gasteiger partial charge in [0.05, 0.1) is 0 Å². The molecule has 1 amide bonds. The van der Waals surface area contributed by atoms with Gasteiger partial charge in [0, 0.05) is 24.1 Å². The van der Waals surface area contributed by atoms with Crippen LogP contribution in [0.1, 0.15) is 31.2 Å². The predicted octanol–water partition coefficient (Wildman–Crippen LogP) is 1.66. The molecule has 0 aromatic heterocycles. The number of carbonyl (C=O) groups is 1. The quantitative estimate of drug-likeness (QED) is 0.776. The molecule has 1 aromatic rings. The Balaban J connectivity index is 1.83. The summed E-state index contributed by atoms with van der Waals surface area (Å²) < 4.78 is 13.1. The number of phenols is 1. The molecule has 1 aromatic carbocycles. The van der Waals surface area contributed by atoms with E-state index >= 15 is 0 Å². The molecule has 0 radical (unpaired) electrons. The van der Waals surface area contributed by atoms with Crippen LogP contribution in [0.2, 0.25) is 0 Å². The molecule has 4 N–H and O–H groups in total. The lowest BCUT2D eigenvalue weighted by Gasteiger charge is -2.27. The molecular formula is C14H19FN2O2. The summed E-state index contributed by atoms with van der Waals surface area (Å²) >= 11 is 0. The molecule has 0 unspecified atom stereocenters. The third-order valence-corrected chi connectivity index (χ3v) is 3.75. The van der Waals surface area contributed by atoms with E-state index in [0.29, 0.717) is 18.2 Å². The number of amides is 1. The third-order valence-electron chi connectivity index (χ3n) is 3.75. The number of phenolic OH excluding ortho intramolecular Hbond substituents is 1. The molecule has 4 nitrogen and oxygen atoms in total. The van der Waals surface area contributed by atoms with Gasteiger partial charge in [0.15, 0.2) is 0 Å². The topological polar surface area (TPSA) is 75.4 Å². The summed E-state index contributed by atoms with van der Waals surface area (Å²) in [6.45, 7) is 0.426. The summed E-state index contributed by atoms with van der Waals surface area (Å²) in [6, 6.07) is 4.21. The highest BCUT2D eigenvalue weighted by atomic mass is 19.1. The molecule has 0 heterocycles. The Hall–Kier alpha value is -1.62. The van der Waals surface area contributed by atoms with E-state index in [9.17, 15) is 14.3 Å². The van der Waals surface area contributed by atoms with E-state index in [4.69, 9.17) is 5.73 Å². The Labute approximate surface area is 111 Å². The van der Waals surface area contributed by atoms with Crippen molar-refractivity contribution >= 4 is 5.91 Å². The van der Waals surface area contributed by atoms with Crippen LogP contribution < -0.4 is 11.1 Å². The minimum Gasteiger partial charge on any atom is -0.508 e. The molecule has 0 saturated heterocycles. The summed E-state index contributed by atoms with van der Waals surface area (Å²) in [7, 11) is 0. The van der Waals surface area contributed by atoms with Gasteiger partial charge < -0.3 is 16.2 Å². The second-order valence-electron chi connectivity index (χ2n) is 5.10. The highest BCUT2D eigenvalue weighted by Crippen LogP contribution is 2.25. The predicted molar refractivity (Wildman–Crippen MR) is 69.8 cm³/mol. The lowest BCUT2D eigenvalue weighted by atomic mass is 9.85. The van der Waals surface area contributed by atoms with Gasteiger partial charge in [-0.25, -0.2) is 4.39 Å². The van der Waals surface area contributed by atoms with Crippen LogP contribution in [-0.2, 0) is 11.3 Å². The Morgan fingerprint density at radius 2 is 2.05 bits per heavy atom.